The van der Waals surface area contributed by atoms with Gasteiger partial charge in [0.15, 0.2) is 5.13 Å². The zero-order valence-electron chi connectivity index (χ0n) is 11.7. The summed E-state index contributed by atoms with van der Waals surface area (Å²) in [5.41, 5.74) is 1.90. The van der Waals surface area contributed by atoms with Crippen LogP contribution in [0.4, 0.5) is 5.13 Å². The number of carbonyl (C=O) groups excluding carboxylic acids is 1. The van der Waals surface area contributed by atoms with Crippen LogP contribution in [0.2, 0.25) is 0 Å². The van der Waals surface area contributed by atoms with E-state index in [9.17, 15) is 4.79 Å². The van der Waals surface area contributed by atoms with Gasteiger partial charge in [-0.3, -0.25) is 10.1 Å². The maximum Gasteiger partial charge on any atom is 0.257 e. The van der Waals surface area contributed by atoms with Gasteiger partial charge in [-0.05, 0) is 48.7 Å². The molecule has 0 saturated heterocycles. The molecular weight excluding hydrogens is 314 g/mol. The van der Waals surface area contributed by atoms with Crippen molar-refractivity contribution < 1.29 is 4.79 Å². The standard InChI is InChI=1S/C16H11N3OS2/c1-21-12-6-7-13-14(8-12)22-16(18-13)19-15(20)11-4-2-10(9-17)3-5-11/h2-8H,1H3,(H,18,19,20). The Hall–Kier alpha value is -2.36. The number of thiazole rings is 1. The molecule has 2 aromatic carbocycles. The molecule has 1 aromatic heterocycles. The summed E-state index contributed by atoms with van der Waals surface area (Å²) in [5.74, 6) is -0.228. The first-order chi connectivity index (χ1) is 10.7. The number of thioether (sulfide) groups is 1. The third-order valence-electron chi connectivity index (χ3n) is 3.09. The fourth-order valence-electron chi connectivity index (χ4n) is 1.95. The van der Waals surface area contributed by atoms with Crippen molar-refractivity contribution in [2.45, 2.75) is 4.90 Å². The third kappa shape index (κ3) is 2.96. The monoisotopic (exact) mass is 325 g/mol. The molecule has 6 heteroatoms. The molecule has 0 atom stereocenters. The van der Waals surface area contributed by atoms with Crippen molar-refractivity contribution in [2.24, 2.45) is 0 Å². The van der Waals surface area contributed by atoms with Crippen LogP contribution in [-0.2, 0) is 0 Å². The van der Waals surface area contributed by atoms with Gasteiger partial charge in [-0.2, -0.15) is 5.26 Å². The van der Waals surface area contributed by atoms with Crippen LogP contribution in [-0.4, -0.2) is 17.1 Å². The second-order valence-electron chi connectivity index (χ2n) is 4.50. The molecule has 1 N–H and O–H groups in total. The summed E-state index contributed by atoms with van der Waals surface area (Å²) in [7, 11) is 0. The molecule has 1 heterocycles. The van der Waals surface area contributed by atoms with E-state index in [4.69, 9.17) is 5.26 Å². The normalized spacial score (nSPS) is 10.4. The highest BCUT2D eigenvalue weighted by Gasteiger charge is 2.10. The minimum absolute atomic E-state index is 0.228. The van der Waals surface area contributed by atoms with Crippen molar-refractivity contribution in [3.63, 3.8) is 0 Å². The number of hydrogen-bond acceptors (Lipinski definition) is 5. The number of rotatable bonds is 3. The molecule has 0 aliphatic rings. The first kappa shape index (κ1) is 14.6. The summed E-state index contributed by atoms with van der Waals surface area (Å²) in [6.07, 6.45) is 2.02. The Labute approximate surface area is 135 Å². The molecule has 0 bridgehead atoms. The Kier molecular flexibility index (Phi) is 4.09. The molecular formula is C16H11N3OS2. The number of nitriles is 1. The van der Waals surface area contributed by atoms with E-state index in [0.717, 1.165) is 10.2 Å². The number of benzene rings is 2. The molecule has 4 nitrogen and oxygen atoms in total. The summed E-state index contributed by atoms with van der Waals surface area (Å²) >= 11 is 3.12. The van der Waals surface area contributed by atoms with E-state index < -0.39 is 0 Å². The Bertz CT molecular complexity index is 879. The van der Waals surface area contributed by atoms with Crippen molar-refractivity contribution in [2.75, 3.05) is 11.6 Å². The Morgan fingerprint density at radius 3 is 2.73 bits per heavy atom. The lowest BCUT2D eigenvalue weighted by molar-refractivity contribution is 0.102. The first-order valence-corrected chi connectivity index (χ1v) is 8.50. The lowest BCUT2D eigenvalue weighted by atomic mass is 10.1. The van der Waals surface area contributed by atoms with Gasteiger partial charge in [0.05, 0.1) is 21.8 Å². The molecule has 0 fully saturated rings. The molecule has 3 aromatic rings. The van der Waals surface area contributed by atoms with Gasteiger partial charge in [0.1, 0.15) is 0 Å². The largest absolute Gasteiger partial charge is 0.298 e. The lowest BCUT2D eigenvalue weighted by Gasteiger charge is -2.01. The molecule has 0 saturated carbocycles. The van der Waals surface area contributed by atoms with E-state index in [2.05, 4.69) is 16.4 Å². The average Bonchev–Trinajstić information content (AvgIpc) is 2.95. The summed E-state index contributed by atoms with van der Waals surface area (Å²) in [5, 5.41) is 12.1. The SMILES string of the molecule is CSc1ccc2nc(NC(=O)c3ccc(C#N)cc3)sc2c1. The number of hydrogen-bond donors (Lipinski definition) is 1. The van der Waals surface area contributed by atoms with E-state index in [0.29, 0.717) is 16.3 Å². The molecule has 1 amide bonds. The van der Waals surface area contributed by atoms with Gasteiger partial charge in [-0.15, -0.1) is 11.8 Å². The molecule has 0 unspecified atom stereocenters. The topological polar surface area (TPSA) is 65.8 Å². The molecule has 0 aliphatic heterocycles. The highest BCUT2D eigenvalue weighted by atomic mass is 32.2. The van der Waals surface area contributed by atoms with Crippen molar-refractivity contribution >= 4 is 44.4 Å². The van der Waals surface area contributed by atoms with Crippen molar-refractivity contribution in [3.8, 4) is 6.07 Å². The molecule has 3 rings (SSSR count). The second-order valence-corrected chi connectivity index (χ2v) is 6.41. The van der Waals surface area contributed by atoms with Crippen LogP contribution in [0.5, 0.6) is 0 Å². The maximum atomic E-state index is 12.2. The van der Waals surface area contributed by atoms with E-state index in [1.807, 2.05) is 24.5 Å². The third-order valence-corrected chi connectivity index (χ3v) is 4.75. The predicted octanol–water partition coefficient (Wildman–Crippen LogP) is 4.14. The summed E-state index contributed by atoms with van der Waals surface area (Å²) in [4.78, 5) is 17.8. The van der Waals surface area contributed by atoms with Crippen LogP contribution >= 0.6 is 23.1 Å². The lowest BCUT2D eigenvalue weighted by Crippen LogP contribution is -2.11. The van der Waals surface area contributed by atoms with Gasteiger partial charge in [-0.25, -0.2) is 4.98 Å². The van der Waals surface area contributed by atoms with Crippen LogP contribution in [0, 0.1) is 11.3 Å². The van der Waals surface area contributed by atoms with Crippen LogP contribution in [0.1, 0.15) is 15.9 Å². The van der Waals surface area contributed by atoms with E-state index in [1.54, 1.807) is 36.0 Å². The van der Waals surface area contributed by atoms with Crippen molar-refractivity contribution in [1.82, 2.24) is 4.98 Å². The van der Waals surface area contributed by atoms with Crippen molar-refractivity contribution in [1.29, 1.82) is 5.26 Å². The average molecular weight is 325 g/mol. The number of aromatic nitrogens is 1. The van der Waals surface area contributed by atoms with Gasteiger partial charge in [0, 0.05) is 10.5 Å². The van der Waals surface area contributed by atoms with Gasteiger partial charge >= 0.3 is 0 Å². The molecule has 0 spiro atoms. The van der Waals surface area contributed by atoms with Crippen LogP contribution in [0.3, 0.4) is 0 Å². The first-order valence-electron chi connectivity index (χ1n) is 6.45. The molecule has 0 radical (unpaired) electrons. The minimum atomic E-state index is -0.228. The maximum absolute atomic E-state index is 12.2. The van der Waals surface area contributed by atoms with E-state index in [-0.39, 0.29) is 5.91 Å². The van der Waals surface area contributed by atoms with Gasteiger partial charge in [0.25, 0.3) is 5.91 Å². The molecule has 22 heavy (non-hydrogen) atoms. The van der Waals surface area contributed by atoms with Crippen molar-refractivity contribution in [3.05, 3.63) is 53.6 Å². The number of carbonyl (C=O) groups is 1. The number of anilines is 1. The van der Waals surface area contributed by atoms with Crippen LogP contribution in [0.15, 0.2) is 47.4 Å². The number of nitrogens with one attached hydrogen (secondary N) is 1. The predicted molar refractivity (Wildman–Crippen MR) is 90.5 cm³/mol. The fourth-order valence-corrected chi connectivity index (χ4v) is 3.37. The summed E-state index contributed by atoms with van der Waals surface area (Å²) in [6, 6.07) is 14.6. The summed E-state index contributed by atoms with van der Waals surface area (Å²) < 4.78 is 1.04. The second kappa shape index (κ2) is 6.18. The van der Waals surface area contributed by atoms with E-state index >= 15 is 0 Å². The zero-order valence-corrected chi connectivity index (χ0v) is 13.3. The highest BCUT2D eigenvalue weighted by Crippen LogP contribution is 2.29. The van der Waals surface area contributed by atoms with Crippen LogP contribution < -0.4 is 5.32 Å². The highest BCUT2D eigenvalue weighted by molar-refractivity contribution is 7.98. The summed E-state index contributed by atoms with van der Waals surface area (Å²) in [6.45, 7) is 0. The number of nitrogens with zero attached hydrogens (tertiary/aromatic N) is 2. The number of fused-ring (bicyclic) bond motifs is 1. The molecule has 108 valence electrons. The quantitative estimate of drug-likeness (QED) is 0.735. The van der Waals surface area contributed by atoms with Crippen LogP contribution in [0.25, 0.3) is 10.2 Å². The van der Waals surface area contributed by atoms with E-state index in [1.165, 1.54) is 16.2 Å². The smallest absolute Gasteiger partial charge is 0.257 e. The van der Waals surface area contributed by atoms with Gasteiger partial charge < -0.3 is 0 Å². The Morgan fingerprint density at radius 2 is 2.05 bits per heavy atom. The van der Waals surface area contributed by atoms with Gasteiger partial charge in [0.2, 0.25) is 0 Å². The Balaban J connectivity index is 1.82. The Morgan fingerprint density at radius 1 is 1.27 bits per heavy atom. The zero-order chi connectivity index (χ0) is 15.5. The fraction of sp³-hybridized carbons (Fsp3) is 0.0625. The number of amides is 1. The van der Waals surface area contributed by atoms with Gasteiger partial charge in [-0.1, -0.05) is 11.3 Å². The molecule has 0 aliphatic carbocycles. The minimum Gasteiger partial charge on any atom is -0.298 e.